The molecule has 1 rings (SSSR count). The van der Waals surface area contributed by atoms with Crippen molar-refractivity contribution in [2.75, 3.05) is 45.4 Å². The van der Waals surface area contributed by atoms with Gasteiger partial charge in [0.05, 0.1) is 32.5 Å². The first-order valence-corrected chi connectivity index (χ1v) is 6.47. The number of methoxy groups -OCH3 is 1. The third-order valence-corrected chi connectivity index (χ3v) is 2.45. The van der Waals surface area contributed by atoms with E-state index in [-0.39, 0.29) is 0 Å². The molecule has 19 heavy (non-hydrogen) atoms. The van der Waals surface area contributed by atoms with Crippen molar-refractivity contribution in [2.45, 2.75) is 13.0 Å². The van der Waals surface area contributed by atoms with Gasteiger partial charge < -0.3 is 24.6 Å². The van der Waals surface area contributed by atoms with E-state index in [1.54, 1.807) is 7.11 Å². The van der Waals surface area contributed by atoms with Crippen LogP contribution in [0.1, 0.15) is 6.92 Å². The van der Waals surface area contributed by atoms with E-state index in [4.69, 9.17) is 14.2 Å². The van der Waals surface area contributed by atoms with Crippen LogP contribution in [0.3, 0.4) is 0 Å². The summed E-state index contributed by atoms with van der Waals surface area (Å²) in [6.45, 7) is 4.39. The van der Waals surface area contributed by atoms with E-state index in [9.17, 15) is 5.11 Å². The highest BCUT2D eigenvalue weighted by atomic mass is 16.5. The van der Waals surface area contributed by atoms with Gasteiger partial charge in [-0.25, -0.2) is 0 Å². The largest absolute Gasteiger partial charge is 0.494 e. The summed E-state index contributed by atoms with van der Waals surface area (Å²) in [6.07, 6.45) is -0.538. The van der Waals surface area contributed by atoms with Gasteiger partial charge in [-0.3, -0.25) is 0 Å². The molecule has 1 atom stereocenters. The van der Waals surface area contributed by atoms with Crippen LogP contribution >= 0.6 is 0 Å². The lowest BCUT2D eigenvalue weighted by molar-refractivity contribution is 0.0182. The van der Waals surface area contributed by atoms with Crippen molar-refractivity contribution >= 4 is 5.69 Å². The van der Waals surface area contributed by atoms with Crippen molar-refractivity contribution in [2.24, 2.45) is 0 Å². The number of hydrogen-bond acceptors (Lipinski definition) is 5. The molecule has 1 aromatic rings. The SMILES string of the molecule is CCOc1ccc(NCC(O)COCCOC)cc1. The molecule has 0 heterocycles. The number of ether oxygens (including phenoxy) is 3. The average molecular weight is 269 g/mol. The molecule has 5 heteroatoms. The monoisotopic (exact) mass is 269 g/mol. The molecule has 0 aromatic heterocycles. The average Bonchev–Trinajstić information content (AvgIpc) is 2.43. The fourth-order valence-electron chi connectivity index (χ4n) is 1.49. The molecule has 0 saturated carbocycles. The van der Waals surface area contributed by atoms with Crippen LogP contribution in [0.5, 0.6) is 5.75 Å². The lowest BCUT2D eigenvalue weighted by Crippen LogP contribution is -2.25. The standard InChI is InChI=1S/C14H23NO4/c1-3-19-14-6-4-12(5-7-14)15-10-13(16)11-18-9-8-17-2/h4-7,13,15-16H,3,8-11H2,1-2H3. The van der Waals surface area contributed by atoms with Gasteiger partial charge in [0.1, 0.15) is 5.75 Å². The fourth-order valence-corrected chi connectivity index (χ4v) is 1.49. The zero-order valence-corrected chi connectivity index (χ0v) is 11.6. The zero-order valence-electron chi connectivity index (χ0n) is 11.6. The molecule has 1 unspecified atom stereocenters. The third kappa shape index (κ3) is 7.00. The maximum atomic E-state index is 9.70. The summed E-state index contributed by atoms with van der Waals surface area (Å²) in [6, 6.07) is 7.63. The predicted molar refractivity (Wildman–Crippen MR) is 74.8 cm³/mol. The first-order chi connectivity index (χ1) is 9.26. The number of aliphatic hydroxyl groups excluding tert-OH is 1. The van der Waals surface area contributed by atoms with E-state index in [0.29, 0.717) is 33.0 Å². The molecule has 0 radical (unpaired) electrons. The molecule has 0 amide bonds. The molecule has 1 aromatic carbocycles. The van der Waals surface area contributed by atoms with Crippen LogP contribution in [0.4, 0.5) is 5.69 Å². The Kier molecular flexibility index (Phi) is 7.97. The summed E-state index contributed by atoms with van der Waals surface area (Å²) < 4.78 is 15.4. The number of benzene rings is 1. The molecule has 0 spiro atoms. The molecule has 0 aliphatic rings. The number of aliphatic hydroxyl groups is 1. The summed E-state index contributed by atoms with van der Waals surface area (Å²) in [5, 5.41) is 12.8. The van der Waals surface area contributed by atoms with Gasteiger partial charge in [-0.1, -0.05) is 0 Å². The summed E-state index contributed by atoms with van der Waals surface area (Å²) in [5.41, 5.74) is 0.944. The maximum Gasteiger partial charge on any atom is 0.119 e. The normalized spacial score (nSPS) is 12.2. The molecule has 5 nitrogen and oxygen atoms in total. The lowest BCUT2D eigenvalue weighted by Gasteiger charge is -2.13. The van der Waals surface area contributed by atoms with E-state index in [2.05, 4.69) is 5.32 Å². The second kappa shape index (κ2) is 9.61. The second-order valence-corrected chi connectivity index (χ2v) is 4.06. The first-order valence-electron chi connectivity index (χ1n) is 6.47. The minimum absolute atomic E-state index is 0.299. The van der Waals surface area contributed by atoms with Gasteiger partial charge in [0.15, 0.2) is 0 Å². The fraction of sp³-hybridized carbons (Fsp3) is 0.571. The van der Waals surface area contributed by atoms with E-state index in [1.165, 1.54) is 0 Å². The highest BCUT2D eigenvalue weighted by Crippen LogP contribution is 2.15. The van der Waals surface area contributed by atoms with Crippen molar-refractivity contribution in [3.63, 3.8) is 0 Å². The lowest BCUT2D eigenvalue weighted by atomic mass is 10.3. The van der Waals surface area contributed by atoms with Crippen molar-refractivity contribution in [3.05, 3.63) is 24.3 Å². The Morgan fingerprint density at radius 1 is 1.21 bits per heavy atom. The van der Waals surface area contributed by atoms with E-state index in [0.717, 1.165) is 11.4 Å². The van der Waals surface area contributed by atoms with Gasteiger partial charge in [-0.05, 0) is 31.2 Å². The van der Waals surface area contributed by atoms with Crippen LogP contribution in [0, 0.1) is 0 Å². The number of rotatable bonds is 10. The Labute approximate surface area is 114 Å². The highest BCUT2D eigenvalue weighted by molar-refractivity contribution is 5.46. The first kappa shape index (κ1) is 15.8. The van der Waals surface area contributed by atoms with E-state index >= 15 is 0 Å². The van der Waals surface area contributed by atoms with Gasteiger partial charge in [-0.15, -0.1) is 0 Å². The van der Waals surface area contributed by atoms with Gasteiger partial charge in [0, 0.05) is 19.3 Å². The molecule has 108 valence electrons. The number of hydrogen-bond donors (Lipinski definition) is 2. The van der Waals surface area contributed by atoms with Gasteiger partial charge in [0.25, 0.3) is 0 Å². The summed E-state index contributed by atoms with van der Waals surface area (Å²) >= 11 is 0. The number of anilines is 1. The molecule has 0 fully saturated rings. The Hall–Kier alpha value is -1.30. The molecule has 0 bridgehead atoms. The zero-order chi connectivity index (χ0) is 13.9. The smallest absolute Gasteiger partial charge is 0.119 e. The Morgan fingerprint density at radius 2 is 1.95 bits per heavy atom. The minimum atomic E-state index is -0.538. The van der Waals surface area contributed by atoms with Crippen molar-refractivity contribution in [3.8, 4) is 5.75 Å². The van der Waals surface area contributed by atoms with Crippen molar-refractivity contribution in [1.29, 1.82) is 0 Å². The Bertz CT molecular complexity index is 329. The second-order valence-electron chi connectivity index (χ2n) is 4.06. The topological polar surface area (TPSA) is 60.0 Å². The predicted octanol–water partition coefficient (Wildman–Crippen LogP) is 1.52. The van der Waals surface area contributed by atoms with E-state index < -0.39 is 6.10 Å². The molecule has 2 N–H and O–H groups in total. The Balaban J connectivity index is 2.20. The van der Waals surface area contributed by atoms with Gasteiger partial charge >= 0.3 is 0 Å². The van der Waals surface area contributed by atoms with Crippen LogP contribution in [-0.2, 0) is 9.47 Å². The number of nitrogens with one attached hydrogen (secondary N) is 1. The third-order valence-electron chi connectivity index (χ3n) is 2.45. The van der Waals surface area contributed by atoms with Crippen LogP contribution < -0.4 is 10.1 Å². The molecule has 0 aliphatic carbocycles. The molecule has 0 aliphatic heterocycles. The quantitative estimate of drug-likeness (QED) is 0.631. The summed E-state index contributed by atoms with van der Waals surface area (Å²) in [7, 11) is 1.62. The van der Waals surface area contributed by atoms with E-state index in [1.807, 2.05) is 31.2 Å². The molecular formula is C14H23NO4. The highest BCUT2D eigenvalue weighted by Gasteiger charge is 2.04. The van der Waals surface area contributed by atoms with Gasteiger partial charge in [-0.2, -0.15) is 0 Å². The van der Waals surface area contributed by atoms with Crippen molar-refractivity contribution in [1.82, 2.24) is 0 Å². The van der Waals surface area contributed by atoms with Crippen LogP contribution in [0.2, 0.25) is 0 Å². The van der Waals surface area contributed by atoms with Crippen LogP contribution in [0.25, 0.3) is 0 Å². The summed E-state index contributed by atoms with van der Waals surface area (Å²) in [4.78, 5) is 0. The van der Waals surface area contributed by atoms with Crippen molar-refractivity contribution < 1.29 is 19.3 Å². The summed E-state index contributed by atoms with van der Waals surface area (Å²) in [5.74, 6) is 0.844. The van der Waals surface area contributed by atoms with Gasteiger partial charge in [0.2, 0.25) is 0 Å². The van der Waals surface area contributed by atoms with Crippen LogP contribution in [0.15, 0.2) is 24.3 Å². The Morgan fingerprint density at radius 3 is 2.58 bits per heavy atom. The molecule has 0 saturated heterocycles. The molecular weight excluding hydrogens is 246 g/mol. The maximum absolute atomic E-state index is 9.70. The minimum Gasteiger partial charge on any atom is -0.494 e. The van der Waals surface area contributed by atoms with Crippen LogP contribution in [-0.4, -0.2) is 51.3 Å².